The van der Waals surface area contributed by atoms with Crippen LogP contribution in [0.15, 0.2) is 33.6 Å². The molecule has 0 unspecified atom stereocenters. The number of para-hydroxylation sites is 1. The Labute approximate surface area is 98.4 Å². The predicted molar refractivity (Wildman–Crippen MR) is 61.3 cm³/mol. The molecule has 1 heterocycles. The van der Waals surface area contributed by atoms with Gasteiger partial charge in [0.25, 0.3) is 10.0 Å². The summed E-state index contributed by atoms with van der Waals surface area (Å²) in [5.74, 6) is -0.485. The Balaban J connectivity index is 2.38. The standard InChI is InChI=1S/C10H10N2O4S/c1-16-10(13)6-9-11-7-4-2-3-5-8(7)17(14,15)12-9/h2-5H,6H2,1H3,(H,11,12). The van der Waals surface area contributed by atoms with Crippen LogP contribution >= 0.6 is 0 Å². The molecule has 0 fully saturated rings. The number of hydrogen-bond donors (Lipinski definition) is 1. The first-order valence-electron chi connectivity index (χ1n) is 4.79. The number of methoxy groups -OCH3 is 1. The van der Waals surface area contributed by atoms with Crippen molar-refractivity contribution in [2.24, 2.45) is 4.40 Å². The lowest BCUT2D eigenvalue weighted by atomic mass is 10.3. The van der Waals surface area contributed by atoms with E-state index in [1.807, 2.05) is 0 Å². The maximum absolute atomic E-state index is 11.8. The maximum atomic E-state index is 11.8. The Kier molecular flexibility index (Phi) is 2.84. The van der Waals surface area contributed by atoms with Gasteiger partial charge in [0.05, 0.1) is 12.8 Å². The Hall–Kier alpha value is -1.89. The molecular weight excluding hydrogens is 244 g/mol. The molecule has 1 N–H and O–H groups in total. The molecule has 2 rings (SSSR count). The van der Waals surface area contributed by atoms with Crippen molar-refractivity contribution in [2.45, 2.75) is 11.3 Å². The molecule has 0 amide bonds. The summed E-state index contributed by atoms with van der Waals surface area (Å²) in [6.07, 6.45) is -0.204. The van der Waals surface area contributed by atoms with Crippen LogP contribution in [0.5, 0.6) is 0 Å². The van der Waals surface area contributed by atoms with Crippen LogP contribution in [0.1, 0.15) is 6.42 Å². The van der Waals surface area contributed by atoms with Gasteiger partial charge in [0, 0.05) is 0 Å². The minimum absolute atomic E-state index is 0.0653. The van der Waals surface area contributed by atoms with E-state index in [0.29, 0.717) is 5.69 Å². The van der Waals surface area contributed by atoms with Gasteiger partial charge in [-0.2, -0.15) is 8.42 Å². The van der Waals surface area contributed by atoms with Crippen molar-refractivity contribution >= 4 is 27.5 Å². The number of amidine groups is 1. The van der Waals surface area contributed by atoms with Crippen LogP contribution in [-0.2, 0) is 19.6 Å². The smallest absolute Gasteiger partial charge is 0.313 e. The predicted octanol–water partition coefficient (Wildman–Crippen LogP) is 0.762. The molecular formula is C10H10N2O4S. The van der Waals surface area contributed by atoms with Gasteiger partial charge < -0.3 is 10.1 Å². The van der Waals surface area contributed by atoms with Gasteiger partial charge in [0.15, 0.2) is 0 Å². The molecule has 0 saturated heterocycles. The van der Waals surface area contributed by atoms with Crippen molar-refractivity contribution in [1.29, 1.82) is 0 Å². The number of esters is 1. The van der Waals surface area contributed by atoms with Crippen LogP contribution in [0.4, 0.5) is 5.69 Å². The molecule has 90 valence electrons. The molecule has 1 aliphatic heterocycles. The van der Waals surface area contributed by atoms with Gasteiger partial charge in [0.1, 0.15) is 17.2 Å². The van der Waals surface area contributed by atoms with Crippen molar-refractivity contribution in [3.8, 4) is 0 Å². The summed E-state index contributed by atoms with van der Waals surface area (Å²) >= 11 is 0. The molecule has 0 spiro atoms. The molecule has 1 aliphatic rings. The van der Waals surface area contributed by atoms with Gasteiger partial charge in [-0.15, -0.1) is 4.40 Å². The largest absolute Gasteiger partial charge is 0.469 e. The fraction of sp³-hybridized carbons (Fsp3) is 0.200. The summed E-state index contributed by atoms with van der Waals surface area (Å²) < 4.78 is 31.5. The highest BCUT2D eigenvalue weighted by molar-refractivity contribution is 7.90. The number of nitrogens with one attached hydrogen (secondary N) is 1. The number of benzene rings is 1. The monoisotopic (exact) mass is 254 g/mol. The average molecular weight is 254 g/mol. The number of anilines is 1. The molecule has 0 radical (unpaired) electrons. The zero-order chi connectivity index (χ0) is 12.5. The van der Waals surface area contributed by atoms with Crippen LogP contribution < -0.4 is 5.32 Å². The lowest BCUT2D eigenvalue weighted by Crippen LogP contribution is -2.24. The van der Waals surface area contributed by atoms with Crippen LogP contribution in [-0.4, -0.2) is 27.3 Å². The summed E-state index contributed by atoms with van der Waals surface area (Å²) in [4.78, 5) is 11.2. The fourth-order valence-electron chi connectivity index (χ4n) is 1.45. The average Bonchev–Trinajstić information content (AvgIpc) is 2.28. The third-order valence-electron chi connectivity index (χ3n) is 2.21. The Morgan fingerprint density at radius 1 is 1.41 bits per heavy atom. The van der Waals surface area contributed by atoms with Gasteiger partial charge in [-0.1, -0.05) is 12.1 Å². The van der Waals surface area contributed by atoms with Gasteiger partial charge in [0.2, 0.25) is 0 Å². The third kappa shape index (κ3) is 2.28. The maximum Gasteiger partial charge on any atom is 0.313 e. The van der Waals surface area contributed by atoms with Crippen LogP contribution in [0.25, 0.3) is 0 Å². The second-order valence-electron chi connectivity index (χ2n) is 3.39. The van der Waals surface area contributed by atoms with Crippen molar-refractivity contribution in [2.75, 3.05) is 12.4 Å². The summed E-state index contributed by atoms with van der Waals surface area (Å²) in [6.45, 7) is 0. The quantitative estimate of drug-likeness (QED) is 0.788. The van der Waals surface area contributed by atoms with Crippen molar-refractivity contribution < 1.29 is 17.9 Å². The zero-order valence-corrected chi connectivity index (χ0v) is 9.82. The molecule has 0 atom stereocenters. The van der Waals surface area contributed by atoms with Crippen LogP contribution in [0.2, 0.25) is 0 Å². The first kappa shape index (κ1) is 11.6. The van der Waals surface area contributed by atoms with E-state index in [1.165, 1.54) is 13.2 Å². The molecule has 6 nitrogen and oxygen atoms in total. The fourth-order valence-corrected chi connectivity index (χ4v) is 2.60. The van der Waals surface area contributed by atoms with Crippen molar-refractivity contribution in [3.05, 3.63) is 24.3 Å². The second-order valence-corrected chi connectivity index (χ2v) is 4.96. The normalized spacial score (nSPS) is 16.4. The number of carbonyl (C=O) groups excluding carboxylic acids is 1. The Morgan fingerprint density at radius 2 is 2.12 bits per heavy atom. The van der Waals surface area contributed by atoms with E-state index >= 15 is 0 Å². The van der Waals surface area contributed by atoms with E-state index in [-0.39, 0.29) is 17.2 Å². The summed E-state index contributed by atoms with van der Waals surface area (Å²) in [7, 11) is -2.50. The minimum atomic E-state index is -3.73. The Morgan fingerprint density at radius 3 is 2.82 bits per heavy atom. The molecule has 0 bridgehead atoms. The summed E-state index contributed by atoms with van der Waals surface area (Å²) in [5.41, 5.74) is 0.418. The lowest BCUT2D eigenvalue weighted by molar-refractivity contribution is -0.139. The lowest BCUT2D eigenvalue weighted by Gasteiger charge is -2.17. The number of ether oxygens (including phenoxy) is 1. The van der Waals surface area contributed by atoms with E-state index in [9.17, 15) is 13.2 Å². The first-order valence-corrected chi connectivity index (χ1v) is 6.23. The molecule has 7 heteroatoms. The van der Waals surface area contributed by atoms with E-state index < -0.39 is 16.0 Å². The zero-order valence-electron chi connectivity index (χ0n) is 9.00. The van der Waals surface area contributed by atoms with Gasteiger partial charge in [-0.3, -0.25) is 4.79 Å². The minimum Gasteiger partial charge on any atom is -0.469 e. The highest BCUT2D eigenvalue weighted by Gasteiger charge is 2.25. The Bertz CT molecular complexity index is 592. The van der Waals surface area contributed by atoms with E-state index in [2.05, 4.69) is 14.5 Å². The highest BCUT2D eigenvalue weighted by atomic mass is 32.2. The molecule has 0 aliphatic carbocycles. The molecule has 17 heavy (non-hydrogen) atoms. The molecule has 0 saturated carbocycles. The van der Waals surface area contributed by atoms with Gasteiger partial charge >= 0.3 is 5.97 Å². The summed E-state index contributed by atoms with van der Waals surface area (Å²) in [6, 6.07) is 6.37. The molecule has 0 aromatic heterocycles. The SMILES string of the molecule is COC(=O)CC1=NS(=O)(=O)c2ccccc2N1. The number of nitrogens with zero attached hydrogens (tertiary/aromatic N) is 1. The van der Waals surface area contributed by atoms with E-state index in [0.717, 1.165) is 0 Å². The molecule has 1 aromatic carbocycles. The van der Waals surface area contributed by atoms with Gasteiger partial charge in [-0.25, -0.2) is 0 Å². The van der Waals surface area contributed by atoms with Crippen molar-refractivity contribution in [1.82, 2.24) is 0 Å². The van der Waals surface area contributed by atoms with Crippen LogP contribution in [0.3, 0.4) is 0 Å². The third-order valence-corrected chi connectivity index (χ3v) is 3.59. The first-order chi connectivity index (χ1) is 8.03. The van der Waals surface area contributed by atoms with E-state index in [1.54, 1.807) is 18.2 Å². The highest BCUT2D eigenvalue weighted by Crippen LogP contribution is 2.26. The number of fused-ring (bicyclic) bond motifs is 1. The summed E-state index contributed by atoms with van der Waals surface area (Å²) in [5, 5.41) is 2.79. The second kappa shape index (κ2) is 4.17. The van der Waals surface area contributed by atoms with Crippen molar-refractivity contribution in [3.63, 3.8) is 0 Å². The number of carbonyl (C=O) groups is 1. The number of rotatable bonds is 2. The number of hydrogen-bond acceptors (Lipinski definition) is 5. The molecule has 1 aromatic rings. The topological polar surface area (TPSA) is 84.8 Å². The van der Waals surface area contributed by atoms with Crippen LogP contribution in [0, 0.1) is 0 Å². The van der Waals surface area contributed by atoms with E-state index in [4.69, 9.17) is 0 Å². The van der Waals surface area contributed by atoms with Gasteiger partial charge in [-0.05, 0) is 12.1 Å². The number of sulfonamides is 1.